The maximum absolute atomic E-state index is 14.8. The van der Waals surface area contributed by atoms with Gasteiger partial charge in [-0.15, -0.1) is 10.2 Å². The molecule has 4 atom stereocenters. The molecule has 0 saturated carbocycles. The van der Waals surface area contributed by atoms with Crippen LogP contribution in [0.15, 0.2) is 61.5 Å². The minimum Gasteiger partial charge on any atom is -0.507 e. The molecule has 4 heterocycles. The fourth-order valence-electron chi connectivity index (χ4n) is 4.28. The van der Waals surface area contributed by atoms with Crippen molar-refractivity contribution >= 4 is 5.57 Å². The number of aromatic hydroxyl groups is 1. The minimum absolute atomic E-state index is 0.0245. The van der Waals surface area contributed by atoms with Gasteiger partial charge in [0.25, 0.3) is 0 Å². The van der Waals surface area contributed by atoms with Gasteiger partial charge < -0.3 is 15.2 Å². The number of rotatable bonds is 5. The first-order valence-corrected chi connectivity index (χ1v) is 10.3. The number of benzene rings is 1. The van der Waals surface area contributed by atoms with E-state index in [0.29, 0.717) is 29.1 Å². The van der Waals surface area contributed by atoms with E-state index in [-0.39, 0.29) is 29.6 Å². The Morgan fingerprint density at radius 1 is 1.16 bits per heavy atom. The van der Waals surface area contributed by atoms with Gasteiger partial charge >= 0.3 is 0 Å². The van der Waals surface area contributed by atoms with Gasteiger partial charge in [0.05, 0.1) is 24.9 Å². The van der Waals surface area contributed by atoms with Crippen LogP contribution in [-0.4, -0.2) is 50.6 Å². The first-order chi connectivity index (χ1) is 15.5. The molecule has 162 valence electrons. The van der Waals surface area contributed by atoms with Crippen LogP contribution in [0.4, 0.5) is 4.39 Å². The summed E-state index contributed by atoms with van der Waals surface area (Å²) in [6.07, 6.45) is 6.62. The van der Waals surface area contributed by atoms with E-state index >= 15 is 0 Å². The molecule has 2 aliphatic rings. The number of aromatic nitrogens is 4. The number of phenols is 1. The molecule has 0 amide bonds. The second-order valence-electron chi connectivity index (χ2n) is 7.98. The molecule has 2 aromatic heterocycles. The van der Waals surface area contributed by atoms with Crippen molar-refractivity contribution in [3.05, 3.63) is 67.2 Å². The van der Waals surface area contributed by atoms with Crippen LogP contribution in [0.25, 0.3) is 28.1 Å². The average Bonchev–Trinajstić information content (AvgIpc) is 3.24. The Morgan fingerprint density at radius 3 is 2.75 bits per heavy atom. The lowest BCUT2D eigenvalue weighted by Crippen LogP contribution is -2.47. The van der Waals surface area contributed by atoms with Crippen molar-refractivity contribution in [2.75, 3.05) is 7.11 Å². The number of hydrogen-bond donors (Lipinski definition) is 2. The summed E-state index contributed by atoms with van der Waals surface area (Å²) in [5, 5.41) is 22.2. The monoisotopic (exact) mass is 431 g/mol. The standard InChI is InChI=1S/C24H22FN5O2/c1-13(18-11-16-4-6-19(28-16)23(18)25)20-12-27-24(30-29-20)17-5-3-14(9-21(17)31)15-7-8-26-22(10-15)32-2/h3-10,12,16,18-19,23,28,31H,1,11H2,2H3/t16-,18+,19+,23-/m1/s1. The highest BCUT2D eigenvalue weighted by Crippen LogP contribution is 2.37. The highest BCUT2D eigenvalue weighted by atomic mass is 19.1. The van der Waals surface area contributed by atoms with Gasteiger partial charge in [0.1, 0.15) is 17.6 Å². The van der Waals surface area contributed by atoms with Crippen LogP contribution in [-0.2, 0) is 0 Å². The number of ether oxygens (including phenoxy) is 1. The van der Waals surface area contributed by atoms with Crippen LogP contribution in [0.2, 0.25) is 0 Å². The number of pyridine rings is 1. The Balaban J connectivity index is 1.36. The molecule has 0 unspecified atom stereocenters. The van der Waals surface area contributed by atoms with Crippen LogP contribution in [0.3, 0.4) is 0 Å². The topological polar surface area (TPSA) is 93.1 Å². The van der Waals surface area contributed by atoms with Gasteiger partial charge in [-0.25, -0.2) is 14.4 Å². The van der Waals surface area contributed by atoms with Gasteiger partial charge in [-0.2, -0.15) is 0 Å². The molecule has 2 aliphatic heterocycles. The van der Waals surface area contributed by atoms with E-state index in [1.165, 1.54) is 6.20 Å². The third kappa shape index (κ3) is 3.62. The number of piperidine rings is 1. The number of nitrogens with zero attached hydrogens (tertiary/aromatic N) is 4. The fraction of sp³-hybridized carbons (Fsp3) is 0.250. The van der Waals surface area contributed by atoms with E-state index in [1.807, 2.05) is 24.3 Å². The molecule has 0 spiro atoms. The summed E-state index contributed by atoms with van der Waals surface area (Å²) in [5.41, 5.74) is 3.16. The van der Waals surface area contributed by atoms with Crippen molar-refractivity contribution in [1.29, 1.82) is 0 Å². The first kappa shape index (κ1) is 20.3. The fourth-order valence-corrected chi connectivity index (χ4v) is 4.28. The zero-order chi connectivity index (χ0) is 22.2. The van der Waals surface area contributed by atoms with Crippen molar-refractivity contribution in [2.24, 2.45) is 5.92 Å². The van der Waals surface area contributed by atoms with Crippen molar-refractivity contribution in [1.82, 2.24) is 25.5 Å². The molecule has 7 nitrogen and oxygen atoms in total. The zero-order valence-corrected chi connectivity index (χ0v) is 17.4. The van der Waals surface area contributed by atoms with Crippen molar-refractivity contribution in [3.8, 4) is 34.1 Å². The lowest BCUT2D eigenvalue weighted by molar-refractivity contribution is 0.179. The smallest absolute Gasteiger partial charge is 0.213 e. The summed E-state index contributed by atoms with van der Waals surface area (Å²) in [6.45, 7) is 4.07. The molecule has 2 N–H and O–H groups in total. The number of phenolic OH excluding ortho intramolecular Hbond substituents is 1. The zero-order valence-electron chi connectivity index (χ0n) is 17.4. The van der Waals surface area contributed by atoms with E-state index < -0.39 is 6.17 Å². The number of alkyl halides is 1. The Hall–Kier alpha value is -3.65. The predicted molar refractivity (Wildman–Crippen MR) is 119 cm³/mol. The molecule has 0 radical (unpaired) electrons. The molecule has 0 aliphatic carbocycles. The Kier molecular flexibility index (Phi) is 5.14. The average molecular weight is 431 g/mol. The van der Waals surface area contributed by atoms with Gasteiger partial charge in [-0.05, 0) is 41.3 Å². The third-order valence-corrected chi connectivity index (χ3v) is 6.05. The van der Waals surface area contributed by atoms with Crippen LogP contribution >= 0.6 is 0 Å². The van der Waals surface area contributed by atoms with Gasteiger partial charge in [0.15, 0.2) is 5.82 Å². The summed E-state index contributed by atoms with van der Waals surface area (Å²) in [7, 11) is 1.55. The second-order valence-corrected chi connectivity index (χ2v) is 7.98. The summed E-state index contributed by atoms with van der Waals surface area (Å²) >= 11 is 0. The van der Waals surface area contributed by atoms with Gasteiger partial charge in [0, 0.05) is 24.2 Å². The van der Waals surface area contributed by atoms with E-state index in [9.17, 15) is 9.50 Å². The van der Waals surface area contributed by atoms with Crippen LogP contribution in [0.1, 0.15) is 12.1 Å². The Morgan fingerprint density at radius 2 is 2.00 bits per heavy atom. The largest absolute Gasteiger partial charge is 0.507 e. The van der Waals surface area contributed by atoms with Crippen molar-refractivity contribution in [2.45, 2.75) is 24.7 Å². The quantitative estimate of drug-likeness (QED) is 0.597. The van der Waals surface area contributed by atoms with E-state index in [4.69, 9.17) is 4.74 Å². The Labute approximate surface area is 184 Å². The highest BCUT2D eigenvalue weighted by Gasteiger charge is 2.40. The summed E-state index contributed by atoms with van der Waals surface area (Å²) in [5.74, 6) is 0.453. The number of hydrogen-bond acceptors (Lipinski definition) is 7. The Bertz CT molecular complexity index is 1200. The van der Waals surface area contributed by atoms with E-state index in [0.717, 1.165) is 11.1 Å². The molecule has 32 heavy (non-hydrogen) atoms. The SMILES string of the molecule is C=C(c1cnc(-c2ccc(-c3ccnc(OC)c3)cc2O)nn1)[C@@H]1C[C@H]2C=C[C@H](N2)[C@@H]1F. The summed E-state index contributed by atoms with van der Waals surface area (Å²) in [6, 6.07) is 8.70. The first-order valence-electron chi connectivity index (χ1n) is 10.3. The van der Waals surface area contributed by atoms with Crippen molar-refractivity contribution < 1.29 is 14.2 Å². The van der Waals surface area contributed by atoms with Crippen LogP contribution in [0, 0.1) is 5.92 Å². The highest BCUT2D eigenvalue weighted by molar-refractivity contribution is 5.73. The van der Waals surface area contributed by atoms with Crippen molar-refractivity contribution in [3.63, 3.8) is 0 Å². The lowest BCUT2D eigenvalue weighted by atomic mass is 9.83. The third-order valence-electron chi connectivity index (χ3n) is 6.05. The number of allylic oxidation sites excluding steroid dienone is 1. The van der Waals surface area contributed by atoms with Crippen LogP contribution < -0.4 is 10.1 Å². The summed E-state index contributed by atoms with van der Waals surface area (Å²) in [4.78, 5) is 8.45. The second kappa shape index (κ2) is 8.12. The molecule has 1 aromatic carbocycles. The maximum atomic E-state index is 14.8. The minimum atomic E-state index is -1.07. The molecule has 5 rings (SSSR count). The number of halogens is 1. The number of methoxy groups -OCH3 is 1. The van der Waals surface area contributed by atoms with Gasteiger partial charge in [0.2, 0.25) is 5.88 Å². The molecular weight excluding hydrogens is 409 g/mol. The molecule has 3 aromatic rings. The number of nitrogens with one attached hydrogen (secondary N) is 1. The molecular formula is C24H22FN5O2. The molecule has 1 saturated heterocycles. The lowest BCUT2D eigenvalue weighted by Gasteiger charge is -2.33. The van der Waals surface area contributed by atoms with Gasteiger partial charge in [-0.1, -0.05) is 24.8 Å². The van der Waals surface area contributed by atoms with E-state index in [1.54, 1.807) is 31.5 Å². The summed E-state index contributed by atoms with van der Waals surface area (Å²) < 4.78 is 20.0. The predicted octanol–water partition coefficient (Wildman–Crippen LogP) is 3.58. The molecule has 1 fully saturated rings. The molecule has 8 heteroatoms. The van der Waals surface area contributed by atoms with Crippen LogP contribution in [0.5, 0.6) is 11.6 Å². The normalized spacial score (nSPS) is 23.8. The molecule has 2 bridgehead atoms. The van der Waals surface area contributed by atoms with Gasteiger partial charge in [-0.3, -0.25) is 0 Å². The number of fused-ring (bicyclic) bond motifs is 2. The van der Waals surface area contributed by atoms with E-state index in [2.05, 4.69) is 32.1 Å². The maximum Gasteiger partial charge on any atom is 0.213 e.